The van der Waals surface area contributed by atoms with Crippen molar-refractivity contribution in [3.63, 3.8) is 0 Å². The number of hydrogen-bond acceptors (Lipinski definition) is 11. The standard InChI is InChI=1S/C26H38N6O4S/c1-3-36-24(35)21-16(2)27-26(37-21)30-25-28-22(31-14-11-19(34)12-15-31)20-6-4-5-13-32(23(20)29-25)17-7-9-18(33)10-8-17/h17-19,33-34H,3-15H2,1-2H3,(H,27,28,29,30). The van der Waals surface area contributed by atoms with Crippen molar-refractivity contribution in [1.29, 1.82) is 0 Å². The van der Waals surface area contributed by atoms with Crippen LogP contribution in [0, 0.1) is 6.92 Å². The van der Waals surface area contributed by atoms with E-state index >= 15 is 0 Å². The maximum absolute atomic E-state index is 12.3. The summed E-state index contributed by atoms with van der Waals surface area (Å²) in [6, 6.07) is 0.344. The van der Waals surface area contributed by atoms with Gasteiger partial charge in [-0.25, -0.2) is 9.78 Å². The van der Waals surface area contributed by atoms with E-state index in [0.717, 1.165) is 89.1 Å². The summed E-state index contributed by atoms with van der Waals surface area (Å²) in [5.41, 5.74) is 1.79. The molecule has 0 unspecified atom stereocenters. The molecule has 0 atom stereocenters. The number of ether oxygens (including phenoxy) is 1. The smallest absolute Gasteiger partial charge is 0.350 e. The van der Waals surface area contributed by atoms with Crippen molar-refractivity contribution in [3.05, 3.63) is 16.1 Å². The molecule has 0 aromatic carbocycles. The minimum Gasteiger partial charge on any atom is -0.462 e. The number of rotatable bonds is 6. The summed E-state index contributed by atoms with van der Waals surface area (Å²) in [7, 11) is 0. The molecule has 0 amide bonds. The number of aliphatic hydroxyl groups is 2. The fourth-order valence-corrected chi connectivity index (χ4v) is 6.52. The van der Waals surface area contributed by atoms with Crippen LogP contribution in [0.1, 0.15) is 79.2 Å². The monoisotopic (exact) mass is 530 g/mol. The number of aryl methyl sites for hydroxylation is 1. The second-order valence-electron chi connectivity index (χ2n) is 10.3. The first kappa shape index (κ1) is 26.1. The van der Waals surface area contributed by atoms with E-state index in [9.17, 15) is 15.0 Å². The Labute approximate surface area is 222 Å². The number of thiazole rings is 1. The third kappa shape index (κ3) is 5.83. The van der Waals surface area contributed by atoms with Gasteiger partial charge in [-0.15, -0.1) is 0 Å². The number of hydrogen-bond donors (Lipinski definition) is 3. The van der Waals surface area contributed by atoms with Crippen LogP contribution in [0.2, 0.25) is 0 Å². The molecule has 1 aliphatic carbocycles. The van der Waals surface area contributed by atoms with Gasteiger partial charge in [-0.05, 0) is 71.6 Å². The number of carbonyl (C=O) groups is 1. The molecule has 3 aliphatic rings. The fraction of sp³-hybridized carbons (Fsp3) is 0.692. The molecular formula is C26H38N6O4S. The largest absolute Gasteiger partial charge is 0.462 e. The molecule has 202 valence electrons. The predicted molar refractivity (Wildman–Crippen MR) is 144 cm³/mol. The molecule has 5 rings (SSSR count). The third-order valence-corrected chi connectivity index (χ3v) is 8.71. The molecule has 3 N–H and O–H groups in total. The van der Waals surface area contributed by atoms with E-state index in [-0.39, 0.29) is 18.2 Å². The topological polar surface area (TPSA) is 124 Å². The zero-order valence-electron chi connectivity index (χ0n) is 21.8. The highest BCUT2D eigenvalue weighted by Crippen LogP contribution is 2.38. The highest BCUT2D eigenvalue weighted by molar-refractivity contribution is 7.17. The van der Waals surface area contributed by atoms with E-state index in [4.69, 9.17) is 14.7 Å². The minimum atomic E-state index is -0.369. The molecular weight excluding hydrogens is 492 g/mol. The lowest BCUT2D eigenvalue weighted by Gasteiger charge is -2.38. The van der Waals surface area contributed by atoms with Gasteiger partial charge in [-0.2, -0.15) is 9.97 Å². The van der Waals surface area contributed by atoms with Crippen LogP contribution in [0.25, 0.3) is 0 Å². The lowest BCUT2D eigenvalue weighted by molar-refractivity contribution is 0.0531. The number of nitrogens with zero attached hydrogens (tertiary/aromatic N) is 5. The van der Waals surface area contributed by atoms with Crippen LogP contribution in [0.15, 0.2) is 0 Å². The summed E-state index contributed by atoms with van der Waals surface area (Å²) in [5.74, 6) is 2.00. The van der Waals surface area contributed by atoms with E-state index in [0.29, 0.717) is 34.3 Å². The van der Waals surface area contributed by atoms with Crippen LogP contribution >= 0.6 is 11.3 Å². The fourth-order valence-electron chi connectivity index (χ4n) is 5.66. The van der Waals surface area contributed by atoms with Crippen molar-refractivity contribution >= 4 is 40.0 Å². The van der Waals surface area contributed by atoms with E-state index in [1.165, 1.54) is 16.9 Å². The third-order valence-electron chi connectivity index (χ3n) is 7.66. The molecule has 2 aliphatic heterocycles. The van der Waals surface area contributed by atoms with Crippen LogP contribution in [0.5, 0.6) is 0 Å². The van der Waals surface area contributed by atoms with Crippen LogP contribution in [-0.2, 0) is 11.2 Å². The van der Waals surface area contributed by atoms with Crippen molar-refractivity contribution in [1.82, 2.24) is 15.0 Å². The van der Waals surface area contributed by atoms with Gasteiger partial charge in [0.15, 0.2) is 5.13 Å². The Hall–Kier alpha value is -2.50. The normalized spacial score (nSPS) is 22.9. The maximum Gasteiger partial charge on any atom is 0.350 e. The Morgan fingerprint density at radius 1 is 1.00 bits per heavy atom. The van der Waals surface area contributed by atoms with E-state index in [1.807, 2.05) is 0 Å². The van der Waals surface area contributed by atoms with Gasteiger partial charge in [0.25, 0.3) is 0 Å². The van der Waals surface area contributed by atoms with Gasteiger partial charge in [0.1, 0.15) is 16.5 Å². The average molecular weight is 531 g/mol. The minimum absolute atomic E-state index is 0.206. The van der Waals surface area contributed by atoms with Crippen molar-refractivity contribution < 1.29 is 19.7 Å². The molecule has 10 nitrogen and oxygen atoms in total. The molecule has 1 saturated heterocycles. The first-order valence-electron chi connectivity index (χ1n) is 13.6. The average Bonchev–Trinajstić information content (AvgIpc) is 3.11. The molecule has 0 bridgehead atoms. The summed E-state index contributed by atoms with van der Waals surface area (Å²) < 4.78 is 5.18. The van der Waals surface area contributed by atoms with Gasteiger partial charge >= 0.3 is 5.97 Å². The Morgan fingerprint density at radius 3 is 2.43 bits per heavy atom. The SMILES string of the molecule is CCOC(=O)c1sc(Nc2nc(N3CCC(O)CC3)c3c(n2)N(C2CCC(O)CC2)CCCC3)nc1C. The lowest BCUT2D eigenvalue weighted by Crippen LogP contribution is -2.41. The van der Waals surface area contributed by atoms with Gasteiger partial charge in [-0.3, -0.25) is 5.32 Å². The molecule has 37 heavy (non-hydrogen) atoms. The molecule has 2 aromatic heterocycles. The van der Waals surface area contributed by atoms with Crippen LogP contribution < -0.4 is 15.1 Å². The summed E-state index contributed by atoms with van der Waals surface area (Å²) in [4.78, 5) is 32.1. The number of aliphatic hydroxyl groups excluding tert-OH is 2. The zero-order chi connectivity index (χ0) is 25.9. The number of anilines is 4. The van der Waals surface area contributed by atoms with Crippen LogP contribution in [-0.4, -0.2) is 75.6 Å². The Morgan fingerprint density at radius 2 is 1.70 bits per heavy atom. The Kier molecular flexibility index (Phi) is 8.11. The number of esters is 1. The summed E-state index contributed by atoms with van der Waals surface area (Å²) in [6.45, 7) is 6.35. The molecule has 0 radical (unpaired) electrons. The molecule has 0 spiro atoms. The first-order chi connectivity index (χ1) is 17.9. The van der Waals surface area contributed by atoms with Crippen LogP contribution in [0.4, 0.5) is 22.7 Å². The molecule has 2 aromatic rings. The number of aromatic nitrogens is 3. The zero-order valence-corrected chi connectivity index (χ0v) is 22.6. The number of nitrogens with one attached hydrogen (secondary N) is 1. The van der Waals surface area contributed by atoms with E-state index in [2.05, 4.69) is 20.1 Å². The van der Waals surface area contributed by atoms with E-state index in [1.54, 1.807) is 13.8 Å². The second-order valence-corrected chi connectivity index (χ2v) is 11.3. The number of piperidine rings is 1. The Bertz CT molecular complexity index is 1090. The van der Waals surface area contributed by atoms with Gasteiger partial charge < -0.3 is 24.7 Å². The lowest BCUT2D eigenvalue weighted by atomic mass is 9.91. The van der Waals surface area contributed by atoms with Crippen molar-refractivity contribution in [2.75, 3.05) is 41.4 Å². The summed E-state index contributed by atoms with van der Waals surface area (Å²) in [5, 5.41) is 24.0. The van der Waals surface area contributed by atoms with Crippen molar-refractivity contribution in [3.8, 4) is 0 Å². The van der Waals surface area contributed by atoms with Crippen molar-refractivity contribution in [2.45, 2.75) is 89.9 Å². The second kappa shape index (κ2) is 11.5. The number of carbonyl (C=O) groups excluding carboxylic acids is 1. The van der Waals surface area contributed by atoms with Gasteiger partial charge in [-0.1, -0.05) is 11.3 Å². The highest BCUT2D eigenvalue weighted by atomic mass is 32.1. The number of fused-ring (bicyclic) bond motifs is 1. The van der Waals surface area contributed by atoms with E-state index < -0.39 is 0 Å². The maximum atomic E-state index is 12.3. The van der Waals surface area contributed by atoms with Gasteiger partial charge in [0.05, 0.1) is 24.5 Å². The first-order valence-corrected chi connectivity index (χ1v) is 14.4. The van der Waals surface area contributed by atoms with Gasteiger partial charge in [0, 0.05) is 31.2 Å². The summed E-state index contributed by atoms with van der Waals surface area (Å²) in [6.07, 6.45) is 7.59. The molecule has 2 fully saturated rings. The molecule has 4 heterocycles. The molecule has 1 saturated carbocycles. The predicted octanol–water partition coefficient (Wildman–Crippen LogP) is 3.57. The van der Waals surface area contributed by atoms with Crippen molar-refractivity contribution in [2.24, 2.45) is 0 Å². The van der Waals surface area contributed by atoms with Gasteiger partial charge in [0.2, 0.25) is 5.95 Å². The Balaban J connectivity index is 1.51. The quantitative estimate of drug-likeness (QED) is 0.478. The molecule has 11 heteroatoms. The summed E-state index contributed by atoms with van der Waals surface area (Å²) >= 11 is 1.25. The van der Waals surface area contributed by atoms with Crippen LogP contribution in [0.3, 0.4) is 0 Å². The highest BCUT2D eigenvalue weighted by Gasteiger charge is 2.32.